The van der Waals surface area contributed by atoms with Crippen molar-refractivity contribution in [3.63, 3.8) is 0 Å². The van der Waals surface area contributed by atoms with Gasteiger partial charge in [-0.1, -0.05) is 22.8 Å². The molecule has 1 fully saturated rings. The Morgan fingerprint density at radius 1 is 1.06 bits per heavy atom. The zero-order chi connectivity index (χ0) is 23.7. The summed E-state index contributed by atoms with van der Waals surface area (Å²) in [6.07, 6.45) is -0.295. The molecule has 0 bridgehead atoms. The molecule has 3 heterocycles. The van der Waals surface area contributed by atoms with Crippen LogP contribution in [0.1, 0.15) is 17.5 Å². The number of amides is 1. The van der Waals surface area contributed by atoms with Crippen LogP contribution in [-0.2, 0) is 16.2 Å². The van der Waals surface area contributed by atoms with Crippen molar-refractivity contribution in [3.05, 3.63) is 46.5 Å². The summed E-state index contributed by atoms with van der Waals surface area (Å²) in [6.45, 7) is 3.90. The number of benzene rings is 2. The molecule has 10 heteroatoms. The molecule has 0 aliphatic carbocycles. The Morgan fingerprint density at radius 3 is 2.59 bits per heavy atom. The van der Waals surface area contributed by atoms with Gasteiger partial charge in [0.2, 0.25) is 12.9 Å². The lowest BCUT2D eigenvalue weighted by Crippen LogP contribution is -2.51. The van der Waals surface area contributed by atoms with Crippen molar-refractivity contribution in [2.75, 3.05) is 47.2 Å². The minimum atomic E-state index is -0.652. The van der Waals surface area contributed by atoms with Crippen molar-refractivity contribution in [1.29, 1.82) is 0 Å². The summed E-state index contributed by atoms with van der Waals surface area (Å²) in [5.41, 5.74) is 2.48. The Kier molecular flexibility index (Phi) is 6.38. The Morgan fingerprint density at radius 2 is 1.82 bits per heavy atom. The summed E-state index contributed by atoms with van der Waals surface area (Å²) < 4.78 is 21.6. The highest BCUT2D eigenvalue weighted by Crippen LogP contribution is 2.35. The molecule has 1 amide bonds. The number of methoxy groups -OCH3 is 2. The predicted octanol–water partition coefficient (Wildman–Crippen LogP) is 2.92. The van der Waals surface area contributed by atoms with Crippen LogP contribution in [0.15, 0.2) is 35.5 Å². The van der Waals surface area contributed by atoms with Crippen LogP contribution >= 0.6 is 11.6 Å². The van der Waals surface area contributed by atoms with Crippen molar-refractivity contribution < 1.29 is 28.6 Å². The van der Waals surface area contributed by atoms with Crippen LogP contribution in [0.3, 0.4) is 0 Å². The lowest BCUT2D eigenvalue weighted by molar-refractivity contribution is -0.143. The van der Waals surface area contributed by atoms with Gasteiger partial charge >= 0.3 is 0 Å². The number of nitrogens with zero attached hydrogens (tertiary/aromatic N) is 3. The first-order chi connectivity index (χ1) is 16.6. The normalized spacial score (nSPS) is 19.6. The predicted molar refractivity (Wildman–Crippen MR) is 125 cm³/mol. The van der Waals surface area contributed by atoms with Gasteiger partial charge in [0.15, 0.2) is 11.5 Å². The van der Waals surface area contributed by atoms with Crippen LogP contribution in [0.4, 0.5) is 0 Å². The lowest BCUT2D eigenvalue weighted by Gasteiger charge is -2.35. The first kappa shape index (κ1) is 22.6. The van der Waals surface area contributed by atoms with Crippen molar-refractivity contribution >= 4 is 23.2 Å². The van der Waals surface area contributed by atoms with E-state index in [2.05, 4.69) is 16.1 Å². The molecule has 0 saturated carbocycles. The molecule has 2 aromatic carbocycles. The van der Waals surface area contributed by atoms with E-state index in [1.165, 1.54) is 0 Å². The molecule has 180 valence electrons. The summed E-state index contributed by atoms with van der Waals surface area (Å²) >= 11 is 6.29. The molecule has 3 aliphatic rings. The van der Waals surface area contributed by atoms with Crippen LogP contribution < -0.4 is 18.9 Å². The Balaban J connectivity index is 1.16. The number of rotatable bonds is 6. The lowest BCUT2D eigenvalue weighted by atomic mass is 10.0. The summed E-state index contributed by atoms with van der Waals surface area (Å²) in [5.74, 6) is 2.59. The highest BCUT2D eigenvalue weighted by atomic mass is 35.5. The van der Waals surface area contributed by atoms with Crippen LogP contribution in [0.5, 0.6) is 23.0 Å². The second-order valence-corrected chi connectivity index (χ2v) is 8.72. The molecule has 5 rings (SSSR count). The average Bonchev–Trinajstić information content (AvgIpc) is 3.53. The molecule has 0 radical (unpaired) electrons. The fourth-order valence-electron chi connectivity index (χ4n) is 4.38. The summed E-state index contributed by atoms with van der Waals surface area (Å²) in [5, 5.41) is 4.60. The monoisotopic (exact) mass is 487 g/mol. The number of carbonyl (C=O) groups excluding carboxylic acids is 1. The quantitative estimate of drug-likeness (QED) is 0.619. The molecule has 0 aromatic heterocycles. The van der Waals surface area contributed by atoms with Gasteiger partial charge in [0, 0.05) is 50.8 Å². The van der Waals surface area contributed by atoms with Gasteiger partial charge in [-0.25, -0.2) is 0 Å². The third-order valence-corrected chi connectivity index (χ3v) is 6.55. The summed E-state index contributed by atoms with van der Waals surface area (Å²) in [6, 6.07) is 9.44. The van der Waals surface area contributed by atoms with E-state index in [0.717, 1.165) is 36.7 Å². The molecular weight excluding hydrogens is 462 g/mol. The fraction of sp³-hybridized carbons (Fsp3) is 0.417. The highest BCUT2D eigenvalue weighted by molar-refractivity contribution is 6.32. The molecule has 3 aliphatic heterocycles. The smallest absolute Gasteiger partial charge is 0.266 e. The van der Waals surface area contributed by atoms with Crippen molar-refractivity contribution in [3.8, 4) is 23.0 Å². The van der Waals surface area contributed by atoms with Gasteiger partial charge in [-0.15, -0.1) is 0 Å². The summed E-state index contributed by atoms with van der Waals surface area (Å²) in [4.78, 5) is 22.8. The number of halogens is 1. The zero-order valence-corrected chi connectivity index (χ0v) is 19.8. The van der Waals surface area contributed by atoms with Gasteiger partial charge in [0.05, 0.1) is 25.0 Å². The third kappa shape index (κ3) is 4.45. The van der Waals surface area contributed by atoms with Gasteiger partial charge in [-0.05, 0) is 23.8 Å². The first-order valence-electron chi connectivity index (χ1n) is 11.1. The number of hydrogen-bond donors (Lipinski definition) is 0. The van der Waals surface area contributed by atoms with E-state index >= 15 is 0 Å². The second kappa shape index (κ2) is 9.60. The van der Waals surface area contributed by atoms with E-state index in [1.54, 1.807) is 26.4 Å². The molecule has 1 atom stereocenters. The van der Waals surface area contributed by atoms with Crippen LogP contribution in [0.25, 0.3) is 0 Å². The average molecular weight is 488 g/mol. The molecule has 9 nitrogen and oxygen atoms in total. The Hall–Kier alpha value is -3.17. The fourth-order valence-corrected chi connectivity index (χ4v) is 4.62. The van der Waals surface area contributed by atoms with E-state index < -0.39 is 6.10 Å². The third-order valence-electron chi connectivity index (χ3n) is 6.26. The van der Waals surface area contributed by atoms with Crippen molar-refractivity contribution in [2.45, 2.75) is 19.1 Å². The van der Waals surface area contributed by atoms with Crippen LogP contribution in [0, 0.1) is 0 Å². The zero-order valence-electron chi connectivity index (χ0n) is 19.1. The maximum absolute atomic E-state index is 13.1. The number of ether oxygens (including phenoxy) is 4. The SMILES string of the molecule is COc1cc(OC)c(C2=NO[C@H](C(=O)N3CCN(Cc4ccc5c(c4)OCO5)CC3)C2)cc1Cl. The first-order valence-corrected chi connectivity index (χ1v) is 11.5. The van der Waals surface area contributed by atoms with E-state index in [0.29, 0.717) is 47.3 Å². The molecule has 0 unspecified atom stereocenters. The molecule has 0 spiro atoms. The number of carbonyl (C=O) groups is 1. The maximum atomic E-state index is 13.1. The van der Waals surface area contributed by atoms with Gasteiger partial charge in [0.25, 0.3) is 5.91 Å². The van der Waals surface area contributed by atoms with Crippen molar-refractivity contribution in [2.24, 2.45) is 5.16 Å². The molecule has 1 saturated heterocycles. The minimum absolute atomic E-state index is 0.0555. The van der Waals surface area contributed by atoms with E-state index in [-0.39, 0.29) is 12.7 Å². The molecule has 2 aromatic rings. The number of piperazine rings is 1. The minimum Gasteiger partial charge on any atom is -0.496 e. The standard InChI is InChI=1S/C24H26ClN3O6/c1-30-20-12-21(31-2)17(25)10-16(20)18-11-23(34-26-18)24(29)28-7-5-27(6-8-28)13-15-3-4-19-22(9-15)33-14-32-19/h3-4,9-10,12,23H,5-8,11,13-14H2,1-2H3/t23-/m0/s1. The largest absolute Gasteiger partial charge is 0.496 e. The second-order valence-electron chi connectivity index (χ2n) is 8.31. The number of oxime groups is 1. The van der Waals surface area contributed by atoms with E-state index in [1.807, 2.05) is 17.0 Å². The Bertz CT molecular complexity index is 1120. The highest BCUT2D eigenvalue weighted by Gasteiger charge is 2.35. The Labute approximate surface area is 202 Å². The molecule has 34 heavy (non-hydrogen) atoms. The van der Waals surface area contributed by atoms with Crippen LogP contribution in [0.2, 0.25) is 5.02 Å². The number of hydrogen-bond acceptors (Lipinski definition) is 8. The van der Waals surface area contributed by atoms with Gasteiger partial charge in [-0.3, -0.25) is 9.69 Å². The number of fused-ring (bicyclic) bond motifs is 1. The van der Waals surface area contributed by atoms with E-state index in [4.69, 9.17) is 35.4 Å². The topological polar surface area (TPSA) is 82.1 Å². The molecule has 0 N–H and O–H groups in total. The van der Waals surface area contributed by atoms with Gasteiger partial charge in [0.1, 0.15) is 11.5 Å². The van der Waals surface area contributed by atoms with Gasteiger partial charge in [-0.2, -0.15) is 0 Å². The van der Waals surface area contributed by atoms with Crippen LogP contribution in [-0.4, -0.2) is 74.7 Å². The summed E-state index contributed by atoms with van der Waals surface area (Å²) in [7, 11) is 3.11. The van der Waals surface area contributed by atoms with Gasteiger partial charge < -0.3 is 28.7 Å². The van der Waals surface area contributed by atoms with E-state index in [9.17, 15) is 4.79 Å². The molecular formula is C24H26ClN3O6. The maximum Gasteiger partial charge on any atom is 0.266 e. The van der Waals surface area contributed by atoms with Crippen molar-refractivity contribution in [1.82, 2.24) is 9.80 Å².